The van der Waals surface area contributed by atoms with Gasteiger partial charge in [-0.1, -0.05) is 0 Å². The summed E-state index contributed by atoms with van der Waals surface area (Å²) in [6.07, 6.45) is 0. The molecule has 0 nitrogen and oxygen atoms in total. The van der Waals surface area contributed by atoms with Crippen molar-refractivity contribution in [3.05, 3.63) is 0 Å². The molecule has 4 heavy (non-hydrogen) atoms. The first-order valence-corrected chi connectivity index (χ1v) is 1.00. The minimum atomic E-state index is 0. The molecule has 0 aliphatic heterocycles. The first-order chi connectivity index (χ1) is 1.00. The third kappa shape index (κ3) is 8.83. The van der Waals surface area contributed by atoms with Gasteiger partial charge in [-0.3, -0.25) is 0 Å². The van der Waals surface area contributed by atoms with Gasteiger partial charge in [-0.25, -0.2) is 0 Å². The minimum Gasteiger partial charge on any atom is -1.00 e. The van der Waals surface area contributed by atoms with E-state index in [0.717, 1.165) is 0 Å². The van der Waals surface area contributed by atoms with Crippen molar-refractivity contribution in [2.75, 3.05) is 0 Å². The van der Waals surface area contributed by atoms with Crippen molar-refractivity contribution in [3.8, 4) is 0 Å². The van der Waals surface area contributed by atoms with Gasteiger partial charge in [-0.2, -0.15) is 9.12 Å². The van der Waals surface area contributed by atoms with Gasteiger partial charge in [0.15, 0.2) is 0 Å². The molecular weight excluding hydrogens is 146 g/mol. The molecule has 0 rings (SSSR count). The van der Waals surface area contributed by atoms with Crippen molar-refractivity contribution >= 4 is 16.7 Å². The van der Waals surface area contributed by atoms with Crippen molar-refractivity contribution in [2.24, 2.45) is 0 Å². The van der Waals surface area contributed by atoms with Crippen molar-refractivity contribution in [2.45, 2.75) is 0 Å². The molecule has 0 saturated carbocycles. The number of rotatable bonds is 0. The van der Waals surface area contributed by atoms with Gasteiger partial charge in [0.05, 0.1) is 7.57 Å². The molecule has 0 amide bonds. The molecule has 0 fully saturated rings. The molecule has 1 unspecified atom stereocenters. The SMILES string of the molecule is [B]P.[H-].[K+].[Zn]. The Balaban J connectivity index is -0.00000000167. The second-order valence-electron chi connectivity index (χ2n) is 0. The second kappa shape index (κ2) is 17.1. The smallest absolute Gasteiger partial charge is 1.00 e. The zero-order valence-electron chi connectivity index (χ0n) is 3.86. The van der Waals surface area contributed by atoms with Crippen LogP contribution in [-0.2, 0) is 19.5 Å². The average molecular weight is 149 g/mol. The normalized spacial score (nSPS) is 1.25. The van der Waals surface area contributed by atoms with Gasteiger partial charge in [0.1, 0.15) is 0 Å². The quantitative estimate of drug-likeness (QED) is 0.255. The van der Waals surface area contributed by atoms with Gasteiger partial charge in [-0.15, -0.1) is 0 Å². The molecule has 0 N–H and O–H groups in total. The Kier molecular flexibility index (Phi) is 68.0. The summed E-state index contributed by atoms with van der Waals surface area (Å²) in [5.41, 5.74) is 0. The van der Waals surface area contributed by atoms with Crippen LogP contribution in [-0.4, -0.2) is 7.57 Å². The molecule has 0 aromatic rings. The third-order valence-electron chi connectivity index (χ3n) is 0. The van der Waals surface area contributed by atoms with E-state index in [1.165, 1.54) is 0 Å². The van der Waals surface area contributed by atoms with Gasteiger partial charge < -0.3 is 1.43 Å². The fraction of sp³-hybridized carbons (Fsp3) is 0. The van der Waals surface area contributed by atoms with Gasteiger partial charge in [-0.05, 0) is 0 Å². The molecule has 0 aromatic heterocycles. The second-order valence-corrected chi connectivity index (χ2v) is 0. The molecule has 2 radical (unpaired) electrons. The topological polar surface area (TPSA) is 0 Å². The van der Waals surface area contributed by atoms with Gasteiger partial charge in [0.25, 0.3) is 0 Å². The van der Waals surface area contributed by atoms with Crippen molar-refractivity contribution in [1.82, 2.24) is 0 Å². The van der Waals surface area contributed by atoms with E-state index in [9.17, 15) is 0 Å². The molecule has 0 spiro atoms. The van der Waals surface area contributed by atoms with Gasteiger partial charge in [0.2, 0.25) is 0 Å². The van der Waals surface area contributed by atoms with Crippen LogP contribution in [0.2, 0.25) is 0 Å². The zero-order chi connectivity index (χ0) is 2.00. The van der Waals surface area contributed by atoms with Crippen LogP contribution in [0.25, 0.3) is 0 Å². The Bertz CT molecular complexity index is 11.6. The standard InChI is InChI=1S/BH2P.K.Zn.H/c1-2;;;/h2H2;;;/q;+1;;-1. The van der Waals surface area contributed by atoms with E-state index < -0.39 is 0 Å². The maximum absolute atomic E-state index is 4.42. The van der Waals surface area contributed by atoms with E-state index in [1.807, 2.05) is 9.12 Å². The molecular formula is H3BKPZn. The van der Waals surface area contributed by atoms with Crippen LogP contribution in [0.4, 0.5) is 0 Å². The summed E-state index contributed by atoms with van der Waals surface area (Å²) < 4.78 is 0. The van der Waals surface area contributed by atoms with E-state index in [-0.39, 0.29) is 72.3 Å². The molecule has 0 heterocycles. The van der Waals surface area contributed by atoms with E-state index in [2.05, 4.69) is 7.57 Å². The molecule has 0 saturated heterocycles. The van der Waals surface area contributed by atoms with Crippen molar-refractivity contribution in [1.29, 1.82) is 0 Å². The Hall–Kier alpha value is 2.75. The predicted molar refractivity (Wildman–Crippen MR) is 16.6 cm³/mol. The first-order valence-electron chi connectivity index (χ1n) is 0.333. The van der Waals surface area contributed by atoms with Crippen LogP contribution in [0.15, 0.2) is 0 Å². The average Bonchev–Trinajstić information content (AvgIpc) is 1.00. The Morgan fingerprint density at radius 1 is 1.50 bits per heavy atom. The molecule has 0 aliphatic rings. The predicted octanol–water partition coefficient (Wildman–Crippen LogP) is -2.94. The van der Waals surface area contributed by atoms with Gasteiger partial charge >= 0.3 is 51.4 Å². The molecule has 0 aromatic carbocycles. The van der Waals surface area contributed by atoms with Crippen LogP contribution >= 0.6 is 9.12 Å². The van der Waals surface area contributed by atoms with Crippen LogP contribution < -0.4 is 51.4 Å². The summed E-state index contributed by atoms with van der Waals surface area (Å²) in [5, 5.41) is 0. The van der Waals surface area contributed by atoms with E-state index in [1.54, 1.807) is 0 Å². The fourth-order valence-electron chi connectivity index (χ4n) is 0. The van der Waals surface area contributed by atoms with Crippen molar-refractivity contribution in [3.63, 3.8) is 0 Å². The summed E-state index contributed by atoms with van der Waals surface area (Å²) in [6.45, 7) is 0. The van der Waals surface area contributed by atoms with E-state index >= 15 is 0 Å². The molecule has 1 atom stereocenters. The fourth-order valence-corrected chi connectivity index (χ4v) is 0. The summed E-state index contributed by atoms with van der Waals surface area (Å²) in [6, 6.07) is 0. The summed E-state index contributed by atoms with van der Waals surface area (Å²) in [7, 11) is 6.33. The molecule has 0 bridgehead atoms. The monoisotopic (exact) mass is 148 g/mol. The van der Waals surface area contributed by atoms with Gasteiger partial charge in [0, 0.05) is 19.5 Å². The van der Waals surface area contributed by atoms with Crippen LogP contribution in [0.3, 0.4) is 0 Å². The first kappa shape index (κ1) is 15.9. The Morgan fingerprint density at radius 2 is 1.50 bits per heavy atom. The van der Waals surface area contributed by atoms with Crippen molar-refractivity contribution < 1.29 is 72.3 Å². The Morgan fingerprint density at radius 3 is 1.50 bits per heavy atom. The van der Waals surface area contributed by atoms with E-state index in [0.29, 0.717) is 0 Å². The number of hydrogen-bond acceptors (Lipinski definition) is 0. The summed E-state index contributed by atoms with van der Waals surface area (Å²) >= 11 is 0. The summed E-state index contributed by atoms with van der Waals surface area (Å²) in [4.78, 5) is 0. The maximum atomic E-state index is 4.42. The Labute approximate surface area is 87.1 Å². The largest absolute Gasteiger partial charge is 1.00 e. The third-order valence-corrected chi connectivity index (χ3v) is 0. The minimum absolute atomic E-state index is 0. The van der Waals surface area contributed by atoms with Crippen LogP contribution in [0.5, 0.6) is 0 Å². The summed E-state index contributed by atoms with van der Waals surface area (Å²) in [5.74, 6) is 0. The molecule has 4 heteroatoms. The molecule has 14 valence electrons. The van der Waals surface area contributed by atoms with Crippen LogP contribution in [0, 0.1) is 0 Å². The molecule has 0 aliphatic carbocycles. The van der Waals surface area contributed by atoms with Crippen LogP contribution in [0.1, 0.15) is 1.43 Å². The number of hydrogen-bond donors (Lipinski definition) is 0. The zero-order valence-corrected chi connectivity index (χ0v) is 10.1. The maximum Gasteiger partial charge on any atom is 1.00 e. The van der Waals surface area contributed by atoms with E-state index in [4.69, 9.17) is 0 Å².